The van der Waals surface area contributed by atoms with E-state index in [0.29, 0.717) is 5.41 Å². The van der Waals surface area contributed by atoms with E-state index < -0.39 is 0 Å². The molecule has 0 radical (unpaired) electrons. The number of hydrogen-bond acceptors (Lipinski definition) is 3. The molecular formula is C20H27IN4S. The zero-order chi connectivity index (χ0) is 17.1. The first kappa shape index (κ1) is 19.6. The molecule has 1 spiro atoms. The SMILES string of the molecule is CN=C(NCCc1csc(-c2ccccc2)n1)N1CCC2(CCC2)C1.I. The third-order valence-electron chi connectivity index (χ3n) is 5.60. The van der Waals surface area contributed by atoms with Gasteiger partial charge in [-0.2, -0.15) is 0 Å². The maximum absolute atomic E-state index is 4.77. The molecule has 2 fully saturated rings. The summed E-state index contributed by atoms with van der Waals surface area (Å²) in [6.07, 6.45) is 6.48. The highest BCUT2D eigenvalue weighted by molar-refractivity contribution is 14.0. The van der Waals surface area contributed by atoms with E-state index in [4.69, 9.17) is 4.98 Å². The largest absolute Gasteiger partial charge is 0.356 e. The van der Waals surface area contributed by atoms with Crippen molar-refractivity contribution in [1.82, 2.24) is 15.2 Å². The van der Waals surface area contributed by atoms with Crippen LogP contribution in [0.3, 0.4) is 0 Å². The first-order chi connectivity index (χ1) is 12.3. The molecule has 140 valence electrons. The molecule has 1 aromatic heterocycles. The Morgan fingerprint density at radius 2 is 2.08 bits per heavy atom. The van der Waals surface area contributed by atoms with Crippen LogP contribution in [0.15, 0.2) is 40.7 Å². The van der Waals surface area contributed by atoms with Crippen molar-refractivity contribution in [3.8, 4) is 10.6 Å². The van der Waals surface area contributed by atoms with E-state index in [0.717, 1.165) is 36.2 Å². The Hall–Kier alpha value is -1.15. The van der Waals surface area contributed by atoms with Crippen molar-refractivity contribution >= 4 is 41.3 Å². The Balaban J connectivity index is 0.00000196. The van der Waals surface area contributed by atoms with Crippen molar-refractivity contribution in [2.45, 2.75) is 32.1 Å². The molecule has 4 nitrogen and oxygen atoms in total. The standard InChI is InChI=1S/C20H26N4S.HI/c1-21-19(24-13-11-20(15-24)9-5-10-20)22-12-8-17-14-25-18(23-17)16-6-3-2-4-7-16;/h2-4,6-7,14H,5,8-13,15H2,1H3,(H,21,22);1H. The van der Waals surface area contributed by atoms with Crippen LogP contribution in [0.5, 0.6) is 0 Å². The number of likely N-dealkylation sites (tertiary alicyclic amines) is 1. The summed E-state index contributed by atoms with van der Waals surface area (Å²) in [5, 5.41) is 6.81. The molecule has 1 N–H and O–H groups in total. The number of rotatable bonds is 4. The van der Waals surface area contributed by atoms with Gasteiger partial charge in [-0.05, 0) is 24.7 Å². The van der Waals surface area contributed by atoms with Crippen LogP contribution in [0.25, 0.3) is 10.6 Å². The van der Waals surface area contributed by atoms with Gasteiger partial charge in [0.25, 0.3) is 0 Å². The van der Waals surface area contributed by atoms with Gasteiger partial charge in [0.05, 0.1) is 5.69 Å². The summed E-state index contributed by atoms with van der Waals surface area (Å²) in [5.41, 5.74) is 2.96. The number of guanidine groups is 1. The van der Waals surface area contributed by atoms with Crippen LogP contribution in [-0.2, 0) is 6.42 Å². The molecule has 1 saturated carbocycles. The summed E-state index contributed by atoms with van der Waals surface area (Å²) >= 11 is 1.72. The fourth-order valence-electron chi connectivity index (χ4n) is 3.97. The first-order valence-electron chi connectivity index (χ1n) is 9.23. The number of hydrogen-bond donors (Lipinski definition) is 1. The number of benzene rings is 1. The predicted octanol–water partition coefficient (Wildman–Crippen LogP) is 4.42. The monoisotopic (exact) mass is 482 g/mol. The van der Waals surface area contributed by atoms with Crippen LogP contribution in [0.1, 0.15) is 31.4 Å². The number of aromatic nitrogens is 1. The van der Waals surface area contributed by atoms with Gasteiger partial charge >= 0.3 is 0 Å². The molecule has 0 unspecified atom stereocenters. The Kier molecular flexibility index (Phi) is 6.55. The van der Waals surface area contributed by atoms with E-state index >= 15 is 0 Å². The minimum absolute atomic E-state index is 0. The average Bonchev–Trinajstić information content (AvgIpc) is 3.27. The second-order valence-corrected chi connectivity index (χ2v) is 8.12. The predicted molar refractivity (Wildman–Crippen MR) is 121 cm³/mol. The minimum Gasteiger partial charge on any atom is -0.356 e. The molecule has 1 aliphatic heterocycles. The van der Waals surface area contributed by atoms with Crippen LogP contribution < -0.4 is 5.32 Å². The number of nitrogens with one attached hydrogen (secondary N) is 1. The number of nitrogens with zero attached hydrogens (tertiary/aromatic N) is 3. The van der Waals surface area contributed by atoms with E-state index in [2.05, 4.69) is 44.9 Å². The van der Waals surface area contributed by atoms with Crippen LogP contribution in [0.2, 0.25) is 0 Å². The zero-order valence-corrected chi connectivity index (χ0v) is 18.4. The van der Waals surface area contributed by atoms with Gasteiger partial charge in [-0.25, -0.2) is 4.98 Å². The van der Waals surface area contributed by atoms with Gasteiger partial charge in [0, 0.05) is 44.0 Å². The highest BCUT2D eigenvalue weighted by atomic mass is 127. The topological polar surface area (TPSA) is 40.5 Å². The molecule has 0 bridgehead atoms. The van der Waals surface area contributed by atoms with Crippen LogP contribution in [-0.4, -0.2) is 42.5 Å². The molecule has 2 aliphatic rings. The molecule has 1 aromatic carbocycles. The fourth-order valence-corrected chi connectivity index (χ4v) is 4.83. The molecule has 6 heteroatoms. The molecule has 4 rings (SSSR count). The third-order valence-corrected chi connectivity index (χ3v) is 6.54. The Bertz CT molecular complexity index is 739. The van der Waals surface area contributed by atoms with Gasteiger partial charge in [-0.3, -0.25) is 4.99 Å². The van der Waals surface area contributed by atoms with Gasteiger partial charge < -0.3 is 10.2 Å². The lowest BCUT2D eigenvalue weighted by Crippen LogP contribution is -2.43. The van der Waals surface area contributed by atoms with Crippen LogP contribution in [0.4, 0.5) is 0 Å². The second-order valence-electron chi connectivity index (χ2n) is 7.26. The van der Waals surface area contributed by atoms with Gasteiger partial charge in [-0.1, -0.05) is 36.8 Å². The number of halogens is 1. The fraction of sp³-hybridized carbons (Fsp3) is 0.500. The quantitative estimate of drug-likeness (QED) is 0.399. The van der Waals surface area contributed by atoms with Crippen molar-refractivity contribution < 1.29 is 0 Å². The highest BCUT2D eigenvalue weighted by Gasteiger charge is 2.43. The first-order valence-corrected chi connectivity index (χ1v) is 10.1. The van der Waals surface area contributed by atoms with Crippen molar-refractivity contribution in [2.75, 3.05) is 26.7 Å². The second kappa shape index (κ2) is 8.69. The Morgan fingerprint density at radius 1 is 1.27 bits per heavy atom. The molecule has 2 aromatic rings. The highest BCUT2D eigenvalue weighted by Crippen LogP contribution is 2.47. The summed E-state index contributed by atoms with van der Waals surface area (Å²) in [7, 11) is 1.89. The van der Waals surface area contributed by atoms with Gasteiger partial charge in [-0.15, -0.1) is 35.3 Å². The van der Waals surface area contributed by atoms with E-state index in [9.17, 15) is 0 Å². The third kappa shape index (κ3) is 4.22. The summed E-state index contributed by atoms with van der Waals surface area (Å²) in [4.78, 5) is 11.7. The summed E-state index contributed by atoms with van der Waals surface area (Å²) in [5.74, 6) is 1.06. The lowest BCUT2D eigenvalue weighted by molar-refractivity contribution is 0.151. The van der Waals surface area contributed by atoms with Gasteiger partial charge in [0.15, 0.2) is 5.96 Å². The van der Waals surface area contributed by atoms with Gasteiger partial charge in [0.2, 0.25) is 0 Å². The number of thiazole rings is 1. The Morgan fingerprint density at radius 3 is 2.73 bits per heavy atom. The smallest absolute Gasteiger partial charge is 0.193 e. The van der Waals surface area contributed by atoms with Crippen LogP contribution >= 0.6 is 35.3 Å². The van der Waals surface area contributed by atoms with Gasteiger partial charge in [0.1, 0.15) is 5.01 Å². The summed E-state index contributed by atoms with van der Waals surface area (Å²) in [6, 6.07) is 10.4. The normalized spacial score (nSPS) is 18.5. The lowest BCUT2D eigenvalue weighted by Gasteiger charge is -2.38. The number of aliphatic imine (C=N–C) groups is 1. The Labute approximate surface area is 177 Å². The summed E-state index contributed by atoms with van der Waals surface area (Å²) < 4.78 is 0. The van der Waals surface area contributed by atoms with Crippen molar-refractivity contribution in [3.05, 3.63) is 41.4 Å². The molecule has 0 amide bonds. The molecule has 0 atom stereocenters. The van der Waals surface area contributed by atoms with Crippen molar-refractivity contribution in [2.24, 2.45) is 10.4 Å². The molecule has 1 aliphatic carbocycles. The minimum atomic E-state index is 0. The molecule has 2 heterocycles. The van der Waals surface area contributed by atoms with E-state index in [1.165, 1.54) is 37.8 Å². The molecular weight excluding hydrogens is 455 g/mol. The zero-order valence-electron chi connectivity index (χ0n) is 15.3. The van der Waals surface area contributed by atoms with Crippen molar-refractivity contribution in [1.29, 1.82) is 0 Å². The maximum atomic E-state index is 4.77. The maximum Gasteiger partial charge on any atom is 0.193 e. The molecule has 26 heavy (non-hydrogen) atoms. The average molecular weight is 482 g/mol. The van der Waals surface area contributed by atoms with E-state index in [1.54, 1.807) is 11.3 Å². The molecule has 1 saturated heterocycles. The van der Waals surface area contributed by atoms with E-state index in [1.807, 2.05) is 13.1 Å². The summed E-state index contributed by atoms with van der Waals surface area (Å²) in [6.45, 7) is 3.21. The lowest BCUT2D eigenvalue weighted by atomic mass is 9.68. The van der Waals surface area contributed by atoms with Crippen LogP contribution in [0, 0.1) is 5.41 Å². The van der Waals surface area contributed by atoms with E-state index in [-0.39, 0.29) is 24.0 Å². The van der Waals surface area contributed by atoms with Crippen molar-refractivity contribution in [3.63, 3.8) is 0 Å².